The van der Waals surface area contributed by atoms with Gasteiger partial charge in [-0.05, 0) is 48.6 Å². The number of aromatic nitrogens is 3. The van der Waals surface area contributed by atoms with Crippen LogP contribution in [0.4, 0.5) is 4.39 Å². The lowest BCUT2D eigenvalue weighted by molar-refractivity contribution is -0.125. The highest BCUT2D eigenvalue weighted by molar-refractivity contribution is 5.88. The lowest BCUT2D eigenvalue weighted by Gasteiger charge is -2.25. The number of aromatic amines is 1. The first-order valence-electron chi connectivity index (χ1n) is 10.3. The van der Waals surface area contributed by atoms with Crippen molar-refractivity contribution in [3.8, 4) is 0 Å². The van der Waals surface area contributed by atoms with Crippen LogP contribution in [0, 0.1) is 5.82 Å². The summed E-state index contributed by atoms with van der Waals surface area (Å²) >= 11 is 0. The topological polar surface area (TPSA) is 79.0 Å². The first-order valence-corrected chi connectivity index (χ1v) is 10.3. The van der Waals surface area contributed by atoms with Crippen molar-refractivity contribution in [3.63, 3.8) is 0 Å². The number of carbonyl (C=O) groups is 2. The van der Waals surface area contributed by atoms with Crippen molar-refractivity contribution in [2.75, 3.05) is 13.1 Å². The Bertz CT molecular complexity index is 1020. The van der Waals surface area contributed by atoms with E-state index in [0.29, 0.717) is 31.0 Å². The molecule has 0 aromatic carbocycles. The van der Waals surface area contributed by atoms with E-state index >= 15 is 0 Å². The third-order valence-corrected chi connectivity index (χ3v) is 5.86. The molecule has 1 saturated carbocycles. The molecular weight excluding hydrogens is 383 g/mol. The van der Waals surface area contributed by atoms with Gasteiger partial charge in [0, 0.05) is 43.2 Å². The van der Waals surface area contributed by atoms with Crippen LogP contribution in [-0.2, 0) is 16.0 Å². The zero-order chi connectivity index (χ0) is 21.3. The van der Waals surface area contributed by atoms with Crippen LogP contribution in [0.15, 0.2) is 37.1 Å². The van der Waals surface area contributed by atoms with E-state index in [1.807, 2.05) is 12.1 Å². The van der Waals surface area contributed by atoms with E-state index in [1.165, 1.54) is 12.1 Å². The van der Waals surface area contributed by atoms with Crippen LogP contribution in [0.5, 0.6) is 0 Å². The second-order valence-electron chi connectivity index (χ2n) is 8.02. The molecule has 1 unspecified atom stereocenters. The summed E-state index contributed by atoms with van der Waals surface area (Å²) in [7, 11) is 0. The van der Waals surface area contributed by atoms with Crippen molar-refractivity contribution in [1.29, 1.82) is 0 Å². The molecule has 2 aromatic rings. The minimum Gasteiger partial charge on any atom is -0.335 e. The van der Waals surface area contributed by atoms with Gasteiger partial charge in [0.1, 0.15) is 17.3 Å². The molecule has 1 aliphatic heterocycles. The maximum Gasteiger partial charge on any atom is 0.246 e. The number of rotatable bonds is 7. The molecule has 6 nitrogen and oxygen atoms in total. The molecule has 156 valence electrons. The van der Waals surface area contributed by atoms with Gasteiger partial charge in [0.2, 0.25) is 5.91 Å². The van der Waals surface area contributed by atoms with Crippen molar-refractivity contribution in [2.24, 2.45) is 0 Å². The first-order chi connectivity index (χ1) is 14.5. The number of nitrogens with zero attached hydrogens (tertiary/aromatic N) is 3. The van der Waals surface area contributed by atoms with Crippen molar-refractivity contribution >= 4 is 17.3 Å². The largest absolute Gasteiger partial charge is 0.335 e. The van der Waals surface area contributed by atoms with E-state index in [-0.39, 0.29) is 23.8 Å². The zero-order valence-electron chi connectivity index (χ0n) is 17.0. The van der Waals surface area contributed by atoms with Crippen molar-refractivity contribution in [1.82, 2.24) is 20.1 Å². The Morgan fingerprint density at radius 3 is 2.83 bits per heavy atom. The zero-order valence-corrected chi connectivity index (χ0v) is 17.0. The second-order valence-corrected chi connectivity index (χ2v) is 8.02. The van der Waals surface area contributed by atoms with E-state index in [4.69, 9.17) is 0 Å². The number of ketones is 1. The monoisotopic (exact) mass is 408 g/mol. The average Bonchev–Trinajstić information content (AvgIpc) is 3.51. The summed E-state index contributed by atoms with van der Waals surface area (Å²) < 4.78 is 14.8. The quantitative estimate of drug-likeness (QED) is 0.711. The SMILES string of the molecule is C=CC(=O)N1CC=C(c2ncc(C(C)C(=O)Cc3cc(C4CC4)n[nH]3)cc2F)CC1. The van der Waals surface area contributed by atoms with Gasteiger partial charge < -0.3 is 4.90 Å². The van der Waals surface area contributed by atoms with Gasteiger partial charge in [0.05, 0.1) is 5.69 Å². The van der Waals surface area contributed by atoms with Crippen molar-refractivity contribution in [3.05, 3.63) is 65.5 Å². The lowest BCUT2D eigenvalue weighted by atomic mass is 9.94. The molecule has 0 saturated heterocycles. The number of hydrogen-bond donors (Lipinski definition) is 1. The van der Waals surface area contributed by atoms with Crippen LogP contribution in [0.3, 0.4) is 0 Å². The maximum absolute atomic E-state index is 14.8. The molecular formula is C23H25FN4O2. The number of H-pyrrole nitrogens is 1. The summed E-state index contributed by atoms with van der Waals surface area (Å²) in [5.41, 5.74) is 3.44. The first kappa shape index (κ1) is 20.2. The van der Waals surface area contributed by atoms with Crippen LogP contribution in [0.2, 0.25) is 0 Å². The van der Waals surface area contributed by atoms with Gasteiger partial charge in [-0.25, -0.2) is 4.39 Å². The number of pyridine rings is 1. The highest BCUT2D eigenvalue weighted by Crippen LogP contribution is 2.39. The molecule has 7 heteroatoms. The fraction of sp³-hybridized carbons (Fsp3) is 0.391. The maximum atomic E-state index is 14.8. The Labute approximate surface area is 174 Å². The standard InChI is InChI=1S/C23H25FN4O2/c1-3-22(30)28-8-6-16(7-9-28)23-19(24)10-17(13-25-23)14(2)21(29)12-18-11-20(27-26-18)15-4-5-15/h3,6,10-11,13-15H,1,4-5,7-9,12H2,2H3,(H,26,27). The summed E-state index contributed by atoms with van der Waals surface area (Å²) in [5.74, 6) is -0.521. The second kappa shape index (κ2) is 8.34. The average molecular weight is 408 g/mol. The molecule has 1 N–H and O–H groups in total. The molecule has 0 radical (unpaired) electrons. The third kappa shape index (κ3) is 4.25. The smallest absolute Gasteiger partial charge is 0.246 e. The Morgan fingerprint density at radius 1 is 1.40 bits per heavy atom. The normalized spacial score (nSPS) is 17.4. The summed E-state index contributed by atoms with van der Waals surface area (Å²) in [4.78, 5) is 30.3. The fourth-order valence-electron chi connectivity index (χ4n) is 3.72. The lowest BCUT2D eigenvalue weighted by Crippen LogP contribution is -2.33. The number of halogens is 1. The van der Waals surface area contributed by atoms with E-state index in [0.717, 1.165) is 29.8 Å². The van der Waals surface area contributed by atoms with E-state index in [9.17, 15) is 14.0 Å². The Hall–Kier alpha value is -3.09. The molecule has 3 heterocycles. The minimum absolute atomic E-state index is 0.00888. The van der Waals surface area contributed by atoms with Crippen LogP contribution < -0.4 is 0 Å². The molecule has 1 amide bonds. The third-order valence-electron chi connectivity index (χ3n) is 5.86. The van der Waals surface area contributed by atoms with Gasteiger partial charge >= 0.3 is 0 Å². The van der Waals surface area contributed by atoms with Gasteiger partial charge in [0.25, 0.3) is 0 Å². The van der Waals surface area contributed by atoms with Crippen molar-refractivity contribution in [2.45, 2.75) is 44.4 Å². The summed E-state index contributed by atoms with van der Waals surface area (Å²) in [5, 5.41) is 7.22. The van der Waals surface area contributed by atoms with E-state index < -0.39 is 11.7 Å². The van der Waals surface area contributed by atoms with Crippen LogP contribution >= 0.6 is 0 Å². The highest BCUT2D eigenvalue weighted by Gasteiger charge is 2.27. The Morgan fingerprint density at radius 2 is 2.20 bits per heavy atom. The summed E-state index contributed by atoms with van der Waals surface area (Å²) in [6.45, 7) is 6.17. The van der Waals surface area contributed by atoms with Crippen LogP contribution in [0.1, 0.15) is 60.7 Å². The molecule has 2 aliphatic rings. The Kier molecular flexibility index (Phi) is 5.61. The Balaban J connectivity index is 1.43. The van der Waals surface area contributed by atoms with Gasteiger partial charge in [-0.3, -0.25) is 19.7 Å². The fourth-order valence-corrected chi connectivity index (χ4v) is 3.72. The number of carbonyl (C=O) groups excluding carboxylic acids is 2. The molecule has 1 atom stereocenters. The van der Waals surface area contributed by atoms with Gasteiger partial charge in [-0.1, -0.05) is 19.6 Å². The van der Waals surface area contributed by atoms with Crippen molar-refractivity contribution < 1.29 is 14.0 Å². The molecule has 0 bridgehead atoms. The molecule has 1 aliphatic carbocycles. The number of amides is 1. The number of nitrogens with one attached hydrogen (secondary N) is 1. The summed E-state index contributed by atoms with van der Waals surface area (Å²) in [6.07, 6.45) is 7.76. The molecule has 2 aromatic heterocycles. The summed E-state index contributed by atoms with van der Waals surface area (Å²) in [6, 6.07) is 3.36. The van der Waals surface area contributed by atoms with Gasteiger partial charge in [-0.15, -0.1) is 0 Å². The van der Waals surface area contributed by atoms with E-state index in [1.54, 1.807) is 18.0 Å². The predicted molar refractivity (Wildman–Crippen MR) is 111 cm³/mol. The predicted octanol–water partition coefficient (Wildman–Crippen LogP) is 3.54. The van der Waals surface area contributed by atoms with Crippen LogP contribution in [-0.4, -0.2) is 44.9 Å². The molecule has 4 rings (SSSR count). The number of hydrogen-bond acceptors (Lipinski definition) is 4. The van der Waals surface area contributed by atoms with E-state index in [2.05, 4.69) is 21.8 Å². The molecule has 1 fully saturated rings. The number of Topliss-reactive ketones (excluding diaryl/α,β-unsaturated/α-hetero) is 1. The molecule has 30 heavy (non-hydrogen) atoms. The molecule has 0 spiro atoms. The minimum atomic E-state index is -0.463. The highest BCUT2D eigenvalue weighted by atomic mass is 19.1. The van der Waals surface area contributed by atoms with Gasteiger partial charge in [0.15, 0.2) is 0 Å². The van der Waals surface area contributed by atoms with Gasteiger partial charge in [-0.2, -0.15) is 5.10 Å². The van der Waals surface area contributed by atoms with Crippen LogP contribution in [0.25, 0.3) is 5.57 Å².